The summed E-state index contributed by atoms with van der Waals surface area (Å²) in [6, 6.07) is 16.9. The van der Waals surface area contributed by atoms with Crippen molar-refractivity contribution in [2.75, 3.05) is 20.7 Å². The molecule has 11 nitrogen and oxygen atoms in total. The van der Waals surface area contributed by atoms with E-state index in [9.17, 15) is 24.3 Å². The third-order valence-electron chi connectivity index (χ3n) is 10.8. The van der Waals surface area contributed by atoms with Crippen molar-refractivity contribution in [3.05, 3.63) is 72.8 Å². The number of ketones is 1. The molecular formula is C40H48N4O7. The number of likely N-dealkylation sites (N-methyl/N-ethyl adjacent to an activating group) is 1. The second-order valence-corrected chi connectivity index (χ2v) is 14.8. The number of nitrogens with zero attached hydrogens (tertiary/aromatic N) is 2. The van der Waals surface area contributed by atoms with Crippen molar-refractivity contribution in [1.82, 2.24) is 20.5 Å². The number of carbonyl (C=O) groups excluding carboxylic acids is 3. The van der Waals surface area contributed by atoms with E-state index in [0.29, 0.717) is 5.75 Å². The minimum absolute atomic E-state index is 0.0377. The van der Waals surface area contributed by atoms with Gasteiger partial charge in [0.05, 0.1) is 23.2 Å². The van der Waals surface area contributed by atoms with Crippen LogP contribution < -0.4 is 15.4 Å². The van der Waals surface area contributed by atoms with Crippen molar-refractivity contribution in [2.24, 2.45) is 23.7 Å². The van der Waals surface area contributed by atoms with Gasteiger partial charge in [-0.2, -0.15) is 0 Å². The molecule has 0 saturated heterocycles. The van der Waals surface area contributed by atoms with Crippen molar-refractivity contribution in [1.29, 1.82) is 0 Å². The molecule has 2 unspecified atom stereocenters. The van der Waals surface area contributed by atoms with Gasteiger partial charge in [-0.1, -0.05) is 56.3 Å². The van der Waals surface area contributed by atoms with Crippen molar-refractivity contribution in [2.45, 2.75) is 76.1 Å². The maximum absolute atomic E-state index is 14.4. The molecule has 7 atom stereocenters. The Labute approximate surface area is 298 Å². The predicted octanol–water partition coefficient (Wildman–Crippen LogP) is 5.41. The van der Waals surface area contributed by atoms with E-state index in [1.807, 2.05) is 75.3 Å². The number of hydrogen-bond donors (Lipinski definition) is 3. The Morgan fingerprint density at radius 2 is 1.88 bits per heavy atom. The van der Waals surface area contributed by atoms with Crippen LogP contribution in [0.2, 0.25) is 0 Å². The molecule has 3 aromatic rings. The third-order valence-corrected chi connectivity index (χ3v) is 10.8. The average Bonchev–Trinajstić information content (AvgIpc) is 3.67. The van der Waals surface area contributed by atoms with E-state index in [2.05, 4.69) is 29.3 Å². The number of carbonyl (C=O) groups is 4. The molecule has 2 amide bonds. The number of aliphatic carboxylic acids is 1. The number of amides is 2. The zero-order valence-corrected chi connectivity index (χ0v) is 29.8. The van der Waals surface area contributed by atoms with E-state index in [1.54, 1.807) is 0 Å². The van der Waals surface area contributed by atoms with Gasteiger partial charge in [-0.3, -0.25) is 9.59 Å². The summed E-state index contributed by atoms with van der Waals surface area (Å²) in [5.74, 6) is -3.83. The lowest BCUT2D eigenvalue weighted by molar-refractivity contribution is -0.144. The van der Waals surface area contributed by atoms with E-state index in [-0.39, 0.29) is 43.6 Å². The highest BCUT2D eigenvalue weighted by Crippen LogP contribution is 2.46. The van der Waals surface area contributed by atoms with Gasteiger partial charge >= 0.3 is 12.1 Å². The molecular weight excluding hydrogens is 648 g/mol. The van der Waals surface area contributed by atoms with Gasteiger partial charge < -0.3 is 30.1 Å². The summed E-state index contributed by atoms with van der Waals surface area (Å²) >= 11 is 0. The molecule has 4 bridgehead atoms. The molecule has 2 aromatic carbocycles. The number of aryl methyl sites for hydroxylation is 1. The van der Waals surface area contributed by atoms with Crippen molar-refractivity contribution in [3.8, 4) is 17.0 Å². The van der Waals surface area contributed by atoms with Gasteiger partial charge in [0.1, 0.15) is 24.0 Å². The number of Topliss-reactive ketones (excluding diaryl/α,β-unsaturated/α-hetero) is 1. The minimum atomic E-state index is -1.46. The highest BCUT2D eigenvalue weighted by Gasteiger charge is 2.61. The first-order chi connectivity index (χ1) is 24.4. The first-order valence-electron chi connectivity index (χ1n) is 17.9. The second-order valence-electron chi connectivity index (χ2n) is 14.8. The van der Waals surface area contributed by atoms with Crippen molar-refractivity contribution in [3.63, 3.8) is 0 Å². The number of ether oxygens (including phenoxy) is 2. The molecule has 1 aliphatic heterocycles. The zero-order valence-electron chi connectivity index (χ0n) is 29.8. The Kier molecular flexibility index (Phi) is 10.5. The summed E-state index contributed by atoms with van der Waals surface area (Å²) in [6.45, 7) is 7.55. The quantitative estimate of drug-likeness (QED) is 0.276. The maximum Gasteiger partial charge on any atom is 0.407 e. The van der Waals surface area contributed by atoms with Crippen LogP contribution in [0, 0.1) is 23.7 Å². The molecule has 0 radical (unpaired) electrons. The highest BCUT2D eigenvalue weighted by molar-refractivity contribution is 5.97. The number of benzene rings is 2. The van der Waals surface area contributed by atoms with Crippen LogP contribution >= 0.6 is 0 Å². The van der Waals surface area contributed by atoms with Gasteiger partial charge in [0.25, 0.3) is 0 Å². The number of carboxylic acids is 1. The van der Waals surface area contributed by atoms with Gasteiger partial charge in [-0.15, -0.1) is 6.58 Å². The fourth-order valence-electron chi connectivity index (χ4n) is 7.62. The van der Waals surface area contributed by atoms with E-state index >= 15 is 0 Å². The summed E-state index contributed by atoms with van der Waals surface area (Å²) in [6.07, 6.45) is 3.32. The van der Waals surface area contributed by atoms with Crippen LogP contribution in [0.3, 0.4) is 0 Å². The molecule has 51 heavy (non-hydrogen) atoms. The Morgan fingerprint density at radius 3 is 2.55 bits per heavy atom. The number of carboxylic acid groups (broad SMARTS) is 1. The lowest BCUT2D eigenvalue weighted by atomic mass is 9.84. The van der Waals surface area contributed by atoms with Gasteiger partial charge in [0, 0.05) is 34.9 Å². The van der Waals surface area contributed by atoms with Crippen molar-refractivity contribution >= 4 is 34.7 Å². The molecule has 11 heteroatoms. The monoisotopic (exact) mass is 696 g/mol. The van der Waals surface area contributed by atoms with Gasteiger partial charge in [-0.25, -0.2) is 14.6 Å². The second kappa shape index (κ2) is 14.8. The lowest BCUT2D eigenvalue weighted by Gasteiger charge is -2.28. The zero-order chi connectivity index (χ0) is 36.4. The molecule has 6 rings (SSSR count). The standard InChI is InChI=1S/C40H48N4O7/c1-6-26-21-40(26,38(47)48)43-37(46)30-19-28-18-29(30)36(45)35(23(2)3)42-39(49)50-22-27(44(4)5)14-10-11-24-15-16-32-31(17-24)34(51-28)20-33(41-32)25-12-8-7-9-13-25/h6-9,12-13,15-17,20,23,26-30,35H,1,10-11,14,18-19,21-22H2,2-5H3,(H,42,49)(H,43,46)(H,47,48)/t26-,27?,28-,29?,30+,35-,40+/m0/s1. The molecule has 2 fully saturated rings. The van der Waals surface area contributed by atoms with E-state index in [1.165, 1.54) is 6.08 Å². The maximum atomic E-state index is 14.4. The van der Waals surface area contributed by atoms with Gasteiger partial charge in [-0.05, 0) is 76.2 Å². The van der Waals surface area contributed by atoms with E-state index in [4.69, 9.17) is 14.5 Å². The van der Waals surface area contributed by atoms with Crippen molar-refractivity contribution < 1.29 is 33.8 Å². The third kappa shape index (κ3) is 7.63. The van der Waals surface area contributed by atoms with Crippen LogP contribution in [0.4, 0.5) is 4.79 Å². The molecule has 270 valence electrons. The Morgan fingerprint density at radius 1 is 1.12 bits per heavy atom. The fourth-order valence-corrected chi connectivity index (χ4v) is 7.62. The van der Waals surface area contributed by atoms with Gasteiger partial charge in [0.15, 0.2) is 5.78 Å². The lowest BCUT2D eigenvalue weighted by Crippen LogP contribution is -2.51. The van der Waals surface area contributed by atoms with Crippen LogP contribution in [-0.2, 0) is 25.5 Å². The topological polar surface area (TPSA) is 147 Å². The molecule has 3 aliphatic rings. The largest absolute Gasteiger partial charge is 0.490 e. The average molecular weight is 697 g/mol. The summed E-state index contributed by atoms with van der Waals surface area (Å²) in [5.41, 5.74) is 2.07. The number of hydrogen-bond acceptors (Lipinski definition) is 8. The highest BCUT2D eigenvalue weighted by atomic mass is 16.5. The SMILES string of the molecule is C=C[C@H]1C[C@]1(NC(=O)[C@@H]1C[C@@H]2CC1C(=O)[C@H](C(C)C)NC(=O)OCC(N(C)C)CCCc1ccc3nc(-c4ccccc4)cc(c3c1)O2)C(=O)O. The smallest absolute Gasteiger partial charge is 0.407 e. The van der Waals surface area contributed by atoms with Crippen LogP contribution in [0.15, 0.2) is 67.3 Å². The minimum Gasteiger partial charge on any atom is -0.490 e. The Bertz CT molecular complexity index is 1810. The molecule has 3 N–H and O–H groups in total. The summed E-state index contributed by atoms with van der Waals surface area (Å²) in [4.78, 5) is 60.9. The fraction of sp³-hybridized carbons (Fsp3) is 0.475. The number of nitrogens with one attached hydrogen (secondary N) is 2. The molecule has 2 aliphatic carbocycles. The molecule has 2 saturated carbocycles. The number of fused-ring (bicyclic) bond motifs is 3. The van der Waals surface area contributed by atoms with Crippen LogP contribution in [0.25, 0.3) is 22.2 Å². The van der Waals surface area contributed by atoms with Crippen LogP contribution in [0.5, 0.6) is 5.75 Å². The Hall–Kier alpha value is -4.77. The summed E-state index contributed by atoms with van der Waals surface area (Å²) in [5, 5.41) is 16.4. The number of cyclic esters (lactones) is 1. The van der Waals surface area contributed by atoms with E-state index < -0.39 is 53.4 Å². The molecule has 2 heterocycles. The van der Waals surface area contributed by atoms with E-state index in [0.717, 1.165) is 47.0 Å². The summed E-state index contributed by atoms with van der Waals surface area (Å²) in [7, 11) is 3.90. The first kappa shape index (κ1) is 36.0. The van der Waals surface area contributed by atoms with Crippen LogP contribution in [0.1, 0.15) is 51.5 Å². The number of alkyl carbamates (subject to hydrolysis) is 1. The normalized spacial score (nSPS) is 28.4. The number of rotatable bonds is 7. The first-order valence-corrected chi connectivity index (χ1v) is 17.9. The van der Waals surface area contributed by atoms with Crippen LogP contribution in [-0.4, -0.2) is 83.2 Å². The summed E-state index contributed by atoms with van der Waals surface area (Å²) < 4.78 is 12.5. The molecule has 1 aromatic heterocycles. The Balaban J connectivity index is 1.41. The van der Waals surface area contributed by atoms with Gasteiger partial charge in [0.2, 0.25) is 5.91 Å². The molecule has 0 spiro atoms. The predicted molar refractivity (Wildman–Crippen MR) is 193 cm³/mol. The number of pyridine rings is 1. The number of aromatic nitrogens is 1.